The molecule has 1 saturated heterocycles. The molecule has 4 atom stereocenters. The lowest BCUT2D eigenvalue weighted by Gasteiger charge is -2.47. The molecular weight excluding hydrogens is 528 g/mol. The number of hydrogen-bond donors (Lipinski definition) is 4. The second-order valence-corrected chi connectivity index (χ2v) is 11.9. The average Bonchev–Trinajstić information content (AvgIpc) is 3.43. The lowest BCUT2D eigenvalue weighted by Crippen LogP contribution is -2.59. The fourth-order valence-electron chi connectivity index (χ4n) is 6.91. The van der Waals surface area contributed by atoms with Crippen LogP contribution in [0.15, 0.2) is 54.7 Å². The summed E-state index contributed by atoms with van der Waals surface area (Å²) in [5.41, 5.74) is 2.59. The third kappa shape index (κ3) is 4.55. The summed E-state index contributed by atoms with van der Waals surface area (Å²) in [6, 6.07) is 11.8. The highest BCUT2D eigenvalue weighted by molar-refractivity contribution is 5.96. The Labute approximate surface area is 237 Å². The number of nitrogens with one attached hydrogen (secondary N) is 3. The number of rotatable bonds is 5. The minimum Gasteiger partial charge on any atom is -0.373 e. The van der Waals surface area contributed by atoms with E-state index in [0.717, 1.165) is 22.8 Å². The first-order valence-corrected chi connectivity index (χ1v) is 13.8. The van der Waals surface area contributed by atoms with E-state index in [1.807, 2.05) is 30.3 Å². The van der Waals surface area contributed by atoms with Crippen molar-refractivity contribution < 1.29 is 23.5 Å². The van der Waals surface area contributed by atoms with Gasteiger partial charge in [0.25, 0.3) is 0 Å². The number of hydrogen-bond acceptors (Lipinski definition) is 6. The monoisotopic (exact) mass is 561 g/mol. The Kier molecular flexibility index (Phi) is 6.58. The van der Waals surface area contributed by atoms with Crippen LogP contribution < -0.4 is 16.0 Å². The fourth-order valence-corrected chi connectivity index (χ4v) is 6.91. The first kappa shape index (κ1) is 27.3. The van der Waals surface area contributed by atoms with Crippen molar-refractivity contribution in [1.29, 1.82) is 0 Å². The Morgan fingerprint density at radius 3 is 2.59 bits per heavy atom. The fraction of sp³-hybridized carbons (Fsp3) is 0.387. The van der Waals surface area contributed by atoms with Crippen molar-refractivity contribution in [1.82, 2.24) is 15.2 Å². The van der Waals surface area contributed by atoms with Crippen LogP contribution in [0, 0.1) is 17.0 Å². The van der Waals surface area contributed by atoms with Crippen molar-refractivity contribution in [3.05, 3.63) is 88.6 Å². The number of nitrogens with zero attached hydrogens (tertiary/aromatic N) is 2. The Morgan fingerprint density at radius 1 is 1.12 bits per heavy atom. The molecule has 214 valence electrons. The van der Waals surface area contributed by atoms with Crippen LogP contribution in [0.4, 0.5) is 20.3 Å². The number of halogens is 2. The molecule has 1 aromatic heterocycles. The van der Waals surface area contributed by atoms with E-state index >= 15 is 0 Å². The standard InChI is InChI=1S/C31H33F2N5O3/c1-30(2)25(34-3)13-24(18-9-20(32)12-21(33)10-18)38(29(30)41)16-26(39)36-22-7-6-17-14-31(15-19(17)11-22)23-5-4-8-35-27(23)37-28(31)40/h4-12,24-25,28,34,40H,13-16H2,1-3H3,(H,35,37)(H,36,39). The molecule has 0 bridgehead atoms. The van der Waals surface area contributed by atoms with Crippen molar-refractivity contribution in [3.8, 4) is 0 Å². The minimum absolute atomic E-state index is 0.254. The number of aromatic nitrogens is 1. The molecular formula is C31H33F2N5O3. The predicted octanol–water partition coefficient (Wildman–Crippen LogP) is 3.67. The molecule has 2 aliphatic heterocycles. The number of aliphatic hydroxyl groups is 1. The van der Waals surface area contributed by atoms with E-state index in [1.54, 1.807) is 27.1 Å². The Morgan fingerprint density at radius 2 is 1.85 bits per heavy atom. The summed E-state index contributed by atoms with van der Waals surface area (Å²) in [5, 5.41) is 20.1. The maximum absolute atomic E-state index is 14.2. The number of carbonyl (C=O) groups excluding carboxylic acids is 2. The van der Waals surface area contributed by atoms with Gasteiger partial charge in [0.1, 0.15) is 30.2 Å². The number of benzene rings is 2. The van der Waals surface area contributed by atoms with E-state index in [-0.39, 0.29) is 18.5 Å². The van der Waals surface area contributed by atoms with Gasteiger partial charge in [0.15, 0.2) is 0 Å². The van der Waals surface area contributed by atoms with Gasteiger partial charge in [0.05, 0.1) is 16.9 Å². The molecule has 3 aliphatic rings. The lowest BCUT2D eigenvalue weighted by atomic mass is 9.74. The van der Waals surface area contributed by atoms with E-state index < -0.39 is 40.6 Å². The first-order chi connectivity index (χ1) is 19.5. The van der Waals surface area contributed by atoms with Gasteiger partial charge in [0, 0.05) is 29.6 Å². The molecule has 41 heavy (non-hydrogen) atoms. The van der Waals surface area contributed by atoms with E-state index in [1.165, 1.54) is 17.0 Å². The topological polar surface area (TPSA) is 107 Å². The summed E-state index contributed by atoms with van der Waals surface area (Å²) in [7, 11) is 1.75. The molecule has 3 aromatic rings. The molecule has 1 fully saturated rings. The van der Waals surface area contributed by atoms with Crippen LogP contribution in [0.3, 0.4) is 0 Å². The van der Waals surface area contributed by atoms with Crippen LogP contribution in [-0.4, -0.2) is 52.7 Å². The van der Waals surface area contributed by atoms with Gasteiger partial charge in [-0.2, -0.15) is 0 Å². The van der Waals surface area contributed by atoms with E-state index in [9.17, 15) is 23.5 Å². The van der Waals surface area contributed by atoms with Crippen LogP contribution in [0.2, 0.25) is 0 Å². The molecule has 3 heterocycles. The highest BCUT2D eigenvalue weighted by Gasteiger charge is 2.51. The highest BCUT2D eigenvalue weighted by atomic mass is 19.1. The van der Waals surface area contributed by atoms with Gasteiger partial charge in [-0.1, -0.05) is 12.1 Å². The number of aliphatic hydroxyl groups excluding tert-OH is 1. The third-order valence-corrected chi connectivity index (χ3v) is 9.09. The predicted molar refractivity (Wildman–Crippen MR) is 150 cm³/mol. The van der Waals surface area contributed by atoms with Crippen molar-refractivity contribution in [2.75, 3.05) is 24.2 Å². The summed E-state index contributed by atoms with van der Waals surface area (Å²) in [4.78, 5) is 32.8. The summed E-state index contributed by atoms with van der Waals surface area (Å²) in [6.07, 6.45) is 2.52. The maximum atomic E-state index is 14.2. The molecule has 10 heteroatoms. The summed E-state index contributed by atoms with van der Waals surface area (Å²) in [5.74, 6) is -1.48. The zero-order valence-electron chi connectivity index (χ0n) is 23.2. The number of likely N-dealkylation sites (tertiary alicyclic amines) is 1. The summed E-state index contributed by atoms with van der Waals surface area (Å²) in [6.45, 7) is 3.34. The third-order valence-electron chi connectivity index (χ3n) is 9.09. The Hall–Kier alpha value is -3.89. The first-order valence-electron chi connectivity index (χ1n) is 13.8. The summed E-state index contributed by atoms with van der Waals surface area (Å²) < 4.78 is 28.3. The molecule has 2 aromatic carbocycles. The maximum Gasteiger partial charge on any atom is 0.244 e. The molecule has 8 nitrogen and oxygen atoms in total. The Bertz CT molecular complexity index is 1530. The number of fused-ring (bicyclic) bond motifs is 3. The van der Waals surface area contributed by atoms with E-state index in [4.69, 9.17) is 0 Å². The average molecular weight is 562 g/mol. The Balaban J connectivity index is 1.23. The number of carbonyl (C=O) groups is 2. The molecule has 4 N–H and O–H groups in total. The summed E-state index contributed by atoms with van der Waals surface area (Å²) >= 11 is 0. The van der Waals surface area contributed by atoms with Crippen molar-refractivity contribution in [3.63, 3.8) is 0 Å². The second kappa shape index (κ2) is 9.88. The molecule has 2 amide bonds. The minimum atomic E-state index is -0.833. The van der Waals surface area contributed by atoms with Crippen LogP contribution >= 0.6 is 0 Å². The van der Waals surface area contributed by atoms with Crippen LogP contribution in [0.25, 0.3) is 0 Å². The number of anilines is 2. The van der Waals surface area contributed by atoms with E-state index in [0.29, 0.717) is 36.3 Å². The molecule has 4 unspecified atom stereocenters. The van der Waals surface area contributed by atoms with Gasteiger partial charge >= 0.3 is 0 Å². The SMILES string of the molecule is CNC1CC(c2cc(F)cc(F)c2)N(CC(=O)Nc2ccc3c(c2)CC2(C3)c3cccnc3NC2O)C(=O)C1(C)C. The van der Waals surface area contributed by atoms with Crippen LogP contribution in [0.1, 0.15) is 48.6 Å². The normalized spacial score (nSPS) is 26.0. The van der Waals surface area contributed by atoms with Crippen LogP contribution in [-0.2, 0) is 27.8 Å². The number of piperidine rings is 1. The van der Waals surface area contributed by atoms with Gasteiger partial charge < -0.3 is 26.0 Å². The highest BCUT2D eigenvalue weighted by Crippen LogP contribution is 2.49. The van der Waals surface area contributed by atoms with Crippen molar-refractivity contribution >= 4 is 23.3 Å². The molecule has 1 aliphatic carbocycles. The number of amides is 2. The smallest absolute Gasteiger partial charge is 0.244 e. The van der Waals surface area contributed by atoms with Gasteiger partial charge in [0.2, 0.25) is 11.8 Å². The lowest BCUT2D eigenvalue weighted by molar-refractivity contribution is -0.152. The van der Waals surface area contributed by atoms with Gasteiger partial charge in [-0.15, -0.1) is 0 Å². The van der Waals surface area contributed by atoms with Gasteiger partial charge in [-0.3, -0.25) is 9.59 Å². The van der Waals surface area contributed by atoms with Crippen LogP contribution in [0.5, 0.6) is 0 Å². The zero-order chi connectivity index (χ0) is 29.1. The second-order valence-electron chi connectivity index (χ2n) is 11.9. The van der Waals surface area contributed by atoms with Gasteiger partial charge in [-0.05, 0) is 87.2 Å². The number of pyridine rings is 1. The van der Waals surface area contributed by atoms with Crippen molar-refractivity contribution in [2.45, 2.75) is 56.8 Å². The molecule has 6 rings (SSSR count). The van der Waals surface area contributed by atoms with Gasteiger partial charge in [-0.25, -0.2) is 13.8 Å². The zero-order valence-corrected chi connectivity index (χ0v) is 23.2. The largest absolute Gasteiger partial charge is 0.373 e. The molecule has 0 saturated carbocycles. The molecule has 0 radical (unpaired) electrons. The quantitative estimate of drug-likeness (QED) is 0.379. The van der Waals surface area contributed by atoms with E-state index in [2.05, 4.69) is 20.9 Å². The van der Waals surface area contributed by atoms with Crippen molar-refractivity contribution in [2.24, 2.45) is 5.41 Å². The molecule has 1 spiro atoms.